The maximum atomic E-state index is 9.88. The van der Waals surface area contributed by atoms with E-state index in [1.54, 1.807) is 0 Å². The number of carboxylic acids is 1. The summed E-state index contributed by atoms with van der Waals surface area (Å²) in [6, 6.07) is 0. The lowest BCUT2D eigenvalue weighted by Gasteiger charge is -1.90. The van der Waals surface area contributed by atoms with Crippen LogP contribution in [-0.2, 0) is 4.79 Å². The van der Waals surface area contributed by atoms with Crippen molar-refractivity contribution in [2.75, 3.05) is 13.1 Å². The van der Waals surface area contributed by atoms with Gasteiger partial charge in [0.05, 0.1) is 6.54 Å². The van der Waals surface area contributed by atoms with Crippen LogP contribution in [0.5, 0.6) is 0 Å². The van der Waals surface area contributed by atoms with E-state index in [9.17, 15) is 4.79 Å². The number of hydrogen-bond acceptors (Lipinski definition) is 2. The Bertz CT molecular complexity index is 167. The lowest BCUT2D eigenvalue weighted by Crippen LogP contribution is -2.13. The van der Waals surface area contributed by atoms with E-state index in [0.717, 1.165) is 6.08 Å². The monoisotopic (exact) mass is 139 g/mol. The van der Waals surface area contributed by atoms with Crippen molar-refractivity contribution in [1.29, 1.82) is 0 Å². The molecule has 0 rings (SSSR count). The Labute approximate surface area is 59.7 Å². The first-order chi connectivity index (χ1) is 4.77. The SMILES string of the molecule is C#CCNCC=CC(=O)O. The zero-order valence-corrected chi connectivity index (χ0v) is 5.50. The highest BCUT2D eigenvalue weighted by molar-refractivity contribution is 5.79. The molecular weight excluding hydrogens is 130 g/mol. The van der Waals surface area contributed by atoms with Crippen molar-refractivity contribution in [2.24, 2.45) is 0 Å². The van der Waals surface area contributed by atoms with Gasteiger partial charge in [0.15, 0.2) is 0 Å². The standard InChI is InChI=1S/C7H9NO2/c1-2-5-8-6-3-4-7(9)10/h1,3-4,8H,5-6H2,(H,9,10). The van der Waals surface area contributed by atoms with Gasteiger partial charge < -0.3 is 10.4 Å². The zero-order chi connectivity index (χ0) is 7.82. The summed E-state index contributed by atoms with van der Waals surface area (Å²) in [5, 5.41) is 10.9. The topological polar surface area (TPSA) is 49.3 Å². The molecule has 0 saturated heterocycles. The van der Waals surface area contributed by atoms with E-state index in [1.807, 2.05) is 0 Å². The molecule has 0 aromatic rings. The summed E-state index contributed by atoms with van der Waals surface area (Å²) in [6.07, 6.45) is 7.49. The van der Waals surface area contributed by atoms with Gasteiger partial charge in [-0.15, -0.1) is 6.42 Å². The molecule has 0 heterocycles. The molecule has 2 N–H and O–H groups in total. The summed E-state index contributed by atoms with van der Waals surface area (Å²) in [7, 11) is 0. The van der Waals surface area contributed by atoms with Crippen LogP contribution in [-0.4, -0.2) is 24.2 Å². The Hall–Kier alpha value is -1.27. The Morgan fingerprint density at radius 2 is 2.50 bits per heavy atom. The van der Waals surface area contributed by atoms with Crippen LogP contribution in [0.2, 0.25) is 0 Å². The van der Waals surface area contributed by atoms with Crippen molar-refractivity contribution in [3.63, 3.8) is 0 Å². The highest BCUT2D eigenvalue weighted by atomic mass is 16.4. The van der Waals surface area contributed by atoms with Crippen LogP contribution in [0.25, 0.3) is 0 Å². The van der Waals surface area contributed by atoms with Gasteiger partial charge in [-0.1, -0.05) is 12.0 Å². The minimum atomic E-state index is -0.942. The van der Waals surface area contributed by atoms with Crippen molar-refractivity contribution >= 4 is 5.97 Å². The second kappa shape index (κ2) is 5.86. The summed E-state index contributed by atoms with van der Waals surface area (Å²) in [5.41, 5.74) is 0. The molecule has 0 bridgehead atoms. The Morgan fingerprint density at radius 1 is 1.80 bits per heavy atom. The first-order valence-electron chi connectivity index (χ1n) is 2.81. The Balaban J connectivity index is 3.20. The fourth-order valence-corrected chi connectivity index (χ4v) is 0.387. The summed E-state index contributed by atoms with van der Waals surface area (Å²) < 4.78 is 0. The minimum absolute atomic E-state index is 0.462. The molecule has 0 fully saturated rings. The third-order valence-corrected chi connectivity index (χ3v) is 0.750. The molecule has 54 valence electrons. The highest BCUT2D eigenvalue weighted by Crippen LogP contribution is 1.69. The first kappa shape index (κ1) is 8.73. The van der Waals surface area contributed by atoms with Crippen molar-refractivity contribution in [3.8, 4) is 12.3 Å². The van der Waals surface area contributed by atoms with E-state index in [-0.39, 0.29) is 0 Å². The normalized spacial score (nSPS) is 9.50. The van der Waals surface area contributed by atoms with Gasteiger partial charge in [0.1, 0.15) is 0 Å². The van der Waals surface area contributed by atoms with Gasteiger partial charge in [0.25, 0.3) is 0 Å². The predicted octanol–water partition coefficient (Wildman–Crippen LogP) is -0.150. The molecule has 0 spiro atoms. The molecule has 3 nitrogen and oxygen atoms in total. The molecule has 3 heteroatoms. The first-order valence-corrected chi connectivity index (χ1v) is 2.81. The molecule has 0 aliphatic heterocycles. The van der Waals surface area contributed by atoms with Gasteiger partial charge in [-0.25, -0.2) is 4.79 Å². The van der Waals surface area contributed by atoms with Gasteiger partial charge in [0.2, 0.25) is 0 Å². The van der Waals surface area contributed by atoms with E-state index >= 15 is 0 Å². The largest absolute Gasteiger partial charge is 0.478 e. The van der Waals surface area contributed by atoms with Crippen molar-refractivity contribution in [2.45, 2.75) is 0 Å². The van der Waals surface area contributed by atoms with E-state index < -0.39 is 5.97 Å². The lowest BCUT2D eigenvalue weighted by molar-refractivity contribution is -0.131. The number of carbonyl (C=O) groups is 1. The molecule has 0 saturated carbocycles. The van der Waals surface area contributed by atoms with E-state index in [4.69, 9.17) is 11.5 Å². The quantitative estimate of drug-likeness (QED) is 0.323. The van der Waals surface area contributed by atoms with Gasteiger partial charge in [0, 0.05) is 12.6 Å². The number of carboxylic acid groups (broad SMARTS) is 1. The van der Waals surface area contributed by atoms with Crippen molar-refractivity contribution in [1.82, 2.24) is 5.32 Å². The van der Waals surface area contributed by atoms with Gasteiger partial charge in [-0.2, -0.15) is 0 Å². The predicted molar refractivity (Wildman–Crippen MR) is 38.5 cm³/mol. The van der Waals surface area contributed by atoms with E-state index in [0.29, 0.717) is 13.1 Å². The second-order valence-corrected chi connectivity index (χ2v) is 1.58. The number of nitrogens with one attached hydrogen (secondary N) is 1. The van der Waals surface area contributed by atoms with E-state index in [2.05, 4.69) is 11.2 Å². The van der Waals surface area contributed by atoms with Crippen LogP contribution in [0.1, 0.15) is 0 Å². The smallest absolute Gasteiger partial charge is 0.328 e. The Kier molecular flexibility index (Phi) is 5.12. The molecule has 0 aromatic heterocycles. The number of hydrogen-bond donors (Lipinski definition) is 2. The van der Waals surface area contributed by atoms with Crippen LogP contribution < -0.4 is 5.32 Å². The summed E-state index contributed by atoms with van der Waals surface area (Å²) in [5.74, 6) is 1.42. The number of terminal acetylenes is 1. The van der Waals surface area contributed by atoms with Crippen molar-refractivity contribution in [3.05, 3.63) is 12.2 Å². The molecule has 10 heavy (non-hydrogen) atoms. The van der Waals surface area contributed by atoms with Crippen LogP contribution in [0, 0.1) is 12.3 Å². The molecule has 0 amide bonds. The second-order valence-electron chi connectivity index (χ2n) is 1.58. The van der Waals surface area contributed by atoms with Crippen LogP contribution >= 0.6 is 0 Å². The van der Waals surface area contributed by atoms with Gasteiger partial charge >= 0.3 is 5.97 Å². The Morgan fingerprint density at radius 3 is 3.00 bits per heavy atom. The number of aliphatic carboxylic acids is 1. The average molecular weight is 139 g/mol. The maximum Gasteiger partial charge on any atom is 0.328 e. The number of rotatable bonds is 4. The molecular formula is C7H9NO2. The summed E-state index contributed by atoms with van der Waals surface area (Å²) in [4.78, 5) is 9.88. The van der Waals surface area contributed by atoms with Crippen LogP contribution in [0.15, 0.2) is 12.2 Å². The summed E-state index contributed by atoms with van der Waals surface area (Å²) in [6.45, 7) is 0.959. The fraction of sp³-hybridized carbons (Fsp3) is 0.286. The molecule has 0 atom stereocenters. The lowest BCUT2D eigenvalue weighted by atomic mass is 10.5. The van der Waals surface area contributed by atoms with E-state index in [1.165, 1.54) is 6.08 Å². The van der Waals surface area contributed by atoms with Crippen molar-refractivity contribution < 1.29 is 9.90 Å². The molecule has 0 aliphatic rings. The average Bonchev–Trinajstić information content (AvgIpc) is 1.87. The fourth-order valence-electron chi connectivity index (χ4n) is 0.387. The molecule has 0 aliphatic carbocycles. The highest BCUT2D eigenvalue weighted by Gasteiger charge is 1.82. The maximum absolute atomic E-state index is 9.88. The third kappa shape index (κ3) is 6.73. The molecule has 0 radical (unpaired) electrons. The zero-order valence-electron chi connectivity index (χ0n) is 5.50. The molecule has 0 aromatic carbocycles. The van der Waals surface area contributed by atoms with Crippen LogP contribution in [0.4, 0.5) is 0 Å². The third-order valence-electron chi connectivity index (χ3n) is 0.750. The molecule has 0 unspecified atom stereocenters. The summed E-state index contributed by atoms with van der Waals surface area (Å²) >= 11 is 0. The van der Waals surface area contributed by atoms with Crippen LogP contribution in [0.3, 0.4) is 0 Å². The van der Waals surface area contributed by atoms with Gasteiger partial charge in [-0.3, -0.25) is 0 Å². The minimum Gasteiger partial charge on any atom is -0.478 e. The van der Waals surface area contributed by atoms with Gasteiger partial charge in [-0.05, 0) is 0 Å².